The third-order valence-corrected chi connectivity index (χ3v) is 3.82. The summed E-state index contributed by atoms with van der Waals surface area (Å²) in [6.07, 6.45) is 7.90. The number of rotatable bonds is 1. The molecule has 0 N–H and O–H groups in total. The van der Waals surface area contributed by atoms with Gasteiger partial charge >= 0.3 is 0 Å². The van der Waals surface area contributed by atoms with Gasteiger partial charge in [0.25, 0.3) is 0 Å². The van der Waals surface area contributed by atoms with Gasteiger partial charge in [-0.1, -0.05) is 6.42 Å². The first-order valence-electron chi connectivity index (χ1n) is 4.63. The van der Waals surface area contributed by atoms with Gasteiger partial charge < -0.3 is 0 Å². The predicted molar refractivity (Wildman–Crippen MR) is 52.1 cm³/mol. The summed E-state index contributed by atoms with van der Waals surface area (Å²) in [5.41, 5.74) is 1.48. The zero-order valence-electron chi connectivity index (χ0n) is 7.43. The van der Waals surface area contributed by atoms with E-state index in [0.29, 0.717) is 11.7 Å². The van der Waals surface area contributed by atoms with Crippen LogP contribution in [0.15, 0.2) is 10.5 Å². The van der Waals surface area contributed by atoms with Gasteiger partial charge in [0, 0.05) is 11.3 Å². The van der Waals surface area contributed by atoms with Crippen LogP contribution in [0.3, 0.4) is 0 Å². The van der Waals surface area contributed by atoms with E-state index in [1.54, 1.807) is 11.8 Å². The Bertz CT molecular complexity index is 242. The fraction of sp³-hybridized carbons (Fsp3) is 0.700. The fourth-order valence-corrected chi connectivity index (χ4v) is 3.19. The molecule has 1 atom stereocenters. The molecule has 0 aromatic carbocycles. The molecule has 2 rings (SSSR count). The number of carbonyl (C=O) groups excluding carboxylic acids is 1. The molecule has 0 radical (unpaired) electrons. The summed E-state index contributed by atoms with van der Waals surface area (Å²) >= 11 is 1.66. The van der Waals surface area contributed by atoms with Crippen molar-refractivity contribution in [1.29, 1.82) is 0 Å². The molecule has 0 bridgehead atoms. The van der Waals surface area contributed by atoms with Crippen LogP contribution < -0.4 is 0 Å². The van der Waals surface area contributed by atoms with Crippen molar-refractivity contribution in [3.05, 3.63) is 10.5 Å². The Kier molecular flexibility index (Phi) is 2.26. The molecule has 2 aliphatic rings. The summed E-state index contributed by atoms with van der Waals surface area (Å²) < 4.78 is 0. The molecule has 1 nitrogen and oxygen atoms in total. The van der Waals surface area contributed by atoms with E-state index in [4.69, 9.17) is 0 Å². The van der Waals surface area contributed by atoms with Crippen LogP contribution in [0.5, 0.6) is 0 Å². The molecule has 1 fully saturated rings. The van der Waals surface area contributed by atoms with E-state index >= 15 is 0 Å². The molecule has 0 heterocycles. The summed E-state index contributed by atoms with van der Waals surface area (Å²) in [5, 5.41) is 0. The minimum atomic E-state index is 0.407. The zero-order valence-corrected chi connectivity index (χ0v) is 8.25. The van der Waals surface area contributed by atoms with Crippen molar-refractivity contribution in [2.24, 2.45) is 5.92 Å². The van der Waals surface area contributed by atoms with Crippen LogP contribution in [0.1, 0.15) is 32.1 Å². The Labute approximate surface area is 77.6 Å². The van der Waals surface area contributed by atoms with E-state index in [0.717, 1.165) is 11.3 Å². The van der Waals surface area contributed by atoms with Crippen molar-refractivity contribution in [3.63, 3.8) is 0 Å². The molecule has 0 saturated heterocycles. The molecule has 66 valence electrons. The molecule has 12 heavy (non-hydrogen) atoms. The van der Waals surface area contributed by atoms with E-state index < -0.39 is 0 Å². The van der Waals surface area contributed by atoms with E-state index in [1.807, 2.05) is 6.26 Å². The van der Waals surface area contributed by atoms with Crippen molar-refractivity contribution in [3.8, 4) is 0 Å². The highest BCUT2D eigenvalue weighted by Gasteiger charge is 2.32. The highest BCUT2D eigenvalue weighted by Crippen LogP contribution is 2.42. The van der Waals surface area contributed by atoms with E-state index in [2.05, 4.69) is 0 Å². The third kappa shape index (κ3) is 1.22. The van der Waals surface area contributed by atoms with Crippen LogP contribution in [0.2, 0.25) is 0 Å². The maximum absolute atomic E-state index is 11.5. The highest BCUT2D eigenvalue weighted by atomic mass is 32.2. The lowest BCUT2D eigenvalue weighted by molar-refractivity contribution is -0.114. The Morgan fingerprint density at radius 1 is 1.42 bits per heavy atom. The number of ketones is 1. The minimum Gasteiger partial charge on any atom is -0.294 e. The molecule has 0 spiro atoms. The Hall–Kier alpha value is -0.240. The number of allylic oxidation sites excluding steroid dienone is 2. The summed E-state index contributed by atoms with van der Waals surface area (Å²) in [5.74, 6) is 1.04. The lowest BCUT2D eigenvalue weighted by Gasteiger charge is -2.19. The van der Waals surface area contributed by atoms with Gasteiger partial charge in [-0.05, 0) is 37.0 Å². The van der Waals surface area contributed by atoms with Crippen LogP contribution >= 0.6 is 11.8 Å². The first-order valence-corrected chi connectivity index (χ1v) is 5.85. The summed E-state index contributed by atoms with van der Waals surface area (Å²) in [4.78, 5) is 12.6. The molecular formula is C10H14OS. The summed E-state index contributed by atoms with van der Waals surface area (Å²) in [7, 11) is 0. The molecule has 0 aromatic heterocycles. The van der Waals surface area contributed by atoms with Crippen LogP contribution in [-0.4, -0.2) is 12.0 Å². The SMILES string of the molecule is CSC1=C2CCCCC2CC1=O. The molecule has 1 unspecified atom stereocenters. The normalized spacial score (nSPS) is 29.4. The highest BCUT2D eigenvalue weighted by molar-refractivity contribution is 8.03. The van der Waals surface area contributed by atoms with Crippen molar-refractivity contribution in [1.82, 2.24) is 0 Å². The maximum atomic E-state index is 11.5. The van der Waals surface area contributed by atoms with Gasteiger partial charge in [-0.3, -0.25) is 4.79 Å². The van der Waals surface area contributed by atoms with E-state index in [9.17, 15) is 4.79 Å². The van der Waals surface area contributed by atoms with Crippen LogP contribution in [0.25, 0.3) is 0 Å². The van der Waals surface area contributed by atoms with Gasteiger partial charge in [-0.15, -0.1) is 11.8 Å². The number of carbonyl (C=O) groups is 1. The van der Waals surface area contributed by atoms with Crippen LogP contribution in [0.4, 0.5) is 0 Å². The second kappa shape index (κ2) is 3.25. The quantitative estimate of drug-likeness (QED) is 0.620. The Morgan fingerprint density at radius 2 is 2.25 bits per heavy atom. The van der Waals surface area contributed by atoms with Crippen molar-refractivity contribution in [2.75, 3.05) is 6.26 Å². The fourth-order valence-electron chi connectivity index (χ4n) is 2.35. The summed E-state index contributed by atoms with van der Waals surface area (Å²) in [6, 6.07) is 0. The molecule has 2 heteroatoms. The van der Waals surface area contributed by atoms with Crippen molar-refractivity contribution >= 4 is 17.5 Å². The monoisotopic (exact) mass is 182 g/mol. The molecule has 0 aliphatic heterocycles. The van der Waals surface area contributed by atoms with Gasteiger partial charge in [0.15, 0.2) is 5.78 Å². The first-order chi connectivity index (χ1) is 5.83. The number of hydrogen-bond acceptors (Lipinski definition) is 2. The molecule has 0 aromatic rings. The van der Waals surface area contributed by atoms with Gasteiger partial charge in [-0.2, -0.15) is 0 Å². The molecule has 0 amide bonds. The van der Waals surface area contributed by atoms with Crippen molar-refractivity contribution < 1.29 is 4.79 Å². The van der Waals surface area contributed by atoms with E-state index in [-0.39, 0.29) is 0 Å². The van der Waals surface area contributed by atoms with Gasteiger partial charge in [0.2, 0.25) is 0 Å². The Morgan fingerprint density at radius 3 is 3.00 bits per heavy atom. The average molecular weight is 182 g/mol. The van der Waals surface area contributed by atoms with Gasteiger partial charge in [0.1, 0.15) is 0 Å². The standard InChI is InChI=1S/C10H14OS/c1-12-10-8-5-3-2-4-7(8)6-9(10)11/h7H,2-6H2,1H3. The number of fused-ring (bicyclic) bond motifs is 1. The number of Topliss-reactive ketones (excluding diaryl/α,β-unsaturated/α-hetero) is 1. The molecule has 2 aliphatic carbocycles. The van der Waals surface area contributed by atoms with Crippen molar-refractivity contribution in [2.45, 2.75) is 32.1 Å². The molecule has 1 saturated carbocycles. The van der Waals surface area contributed by atoms with Gasteiger partial charge in [-0.25, -0.2) is 0 Å². The lowest BCUT2D eigenvalue weighted by Crippen LogP contribution is -2.05. The second-order valence-electron chi connectivity index (χ2n) is 3.63. The topological polar surface area (TPSA) is 17.1 Å². The third-order valence-electron chi connectivity index (χ3n) is 2.92. The largest absolute Gasteiger partial charge is 0.294 e. The minimum absolute atomic E-state index is 0.407. The predicted octanol–water partition coefficient (Wildman–Crippen LogP) is 2.77. The average Bonchev–Trinajstić information content (AvgIpc) is 2.40. The molecular weight excluding hydrogens is 168 g/mol. The van der Waals surface area contributed by atoms with Crippen LogP contribution in [0, 0.1) is 5.92 Å². The second-order valence-corrected chi connectivity index (χ2v) is 4.44. The van der Waals surface area contributed by atoms with Gasteiger partial charge in [0.05, 0.1) is 0 Å². The zero-order chi connectivity index (χ0) is 8.55. The number of hydrogen-bond donors (Lipinski definition) is 0. The Balaban J connectivity index is 2.28. The van der Waals surface area contributed by atoms with E-state index in [1.165, 1.54) is 31.3 Å². The lowest BCUT2D eigenvalue weighted by atomic mass is 9.86. The van der Waals surface area contributed by atoms with Crippen LogP contribution in [-0.2, 0) is 4.79 Å². The number of thioether (sulfide) groups is 1. The smallest absolute Gasteiger partial charge is 0.169 e. The first kappa shape index (κ1) is 8.36. The maximum Gasteiger partial charge on any atom is 0.169 e. The summed E-state index contributed by atoms with van der Waals surface area (Å²) in [6.45, 7) is 0.